The molecule has 1 aliphatic heterocycles. The Labute approximate surface area is 132 Å². The van der Waals surface area contributed by atoms with Crippen molar-refractivity contribution < 1.29 is 9.47 Å². The first-order valence-corrected chi connectivity index (χ1v) is 7.33. The van der Waals surface area contributed by atoms with Gasteiger partial charge in [0.1, 0.15) is 0 Å². The summed E-state index contributed by atoms with van der Waals surface area (Å²) in [7, 11) is 0. The minimum absolute atomic E-state index is 0.227. The monoisotopic (exact) mass is 359 g/mol. The van der Waals surface area contributed by atoms with E-state index in [0.29, 0.717) is 5.75 Å². The number of imidazole rings is 1. The Morgan fingerprint density at radius 1 is 1.09 bits per heavy atom. The van der Waals surface area contributed by atoms with Gasteiger partial charge in [-0.05, 0) is 46.3 Å². The maximum atomic E-state index is 11.3. The SMILES string of the molecule is O=c1[nH]c2ccc(/N=C/c3cc4c(cc3Br)OCO4)cc2[nH]1. The number of halogens is 1. The van der Waals surface area contributed by atoms with Crippen molar-refractivity contribution in [3.63, 3.8) is 0 Å². The summed E-state index contributed by atoms with van der Waals surface area (Å²) in [6.45, 7) is 0.236. The van der Waals surface area contributed by atoms with Crippen molar-refractivity contribution in [1.82, 2.24) is 9.97 Å². The topological polar surface area (TPSA) is 79.5 Å². The van der Waals surface area contributed by atoms with Gasteiger partial charge in [-0.2, -0.15) is 0 Å². The molecule has 0 amide bonds. The van der Waals surface area contributed by atoms with Crippen molar-refractivity contribution in [2.24, 2.45) is 4.99 Å². The number of aromatic amines is 2. The quantitative estimate of drug-likeness (QED) is 0.690. The Bertz CT molecular complexity index is 958. The molecule has 22 heavy (non-hydrogen) atoms. The summed E-state index contributed by atoms with van der Waals surface area (Å²) in [5, 5.41) is 0. The van der Waals surface area contributed by atoms with E-state index in [1.54, 1.807) is 6.21 Å². The van der Waals surface area contributed by atoms with Crippen LogP contribution in [0.15, 0.2) is 44.6 Å². The van der Waals surface area contributed by atoms with Crippen LogP contribution in [0.1, 0.15) is 5.56 Å². The molecule has 0 unspecified atom stereocenters. The van der Waals surface area contributed by atoms with Gasteiger partial charge in [0.2, 0.25) is 6.79 Å². The Morgan fingerprint density at radius 2 is 1.86 bits per heavy atom. The molecule has 1 aromatic heterocycles. The highest BCUT2D eigenvalue weighted by Gasteiger charge is 2.15. The van der Waals surface area contributed by atoms with E-state index in [1.165, 1.54) is 0 Å². The second-order valence-electron chi connectivity index (χ2n) is 4.79. The number of benzene rings is 2. The molecule has 0 bridgehead atoms. The molecule has 110 valence electrons. The molecule has 2 heterocycles. The zero-order chi connectivity index (χ0) is 15.1. The lowest BCUT2D eigenvalue weighted by Gasteiger charge is -2.01. The van der Waals surface area contributed by atoms with E-state index < -0.39 is 0 Å². The zero-order valence-corrected chi connectivity index (χ0v) is 12.8. The van der Waals surface area contributed by atoms with Crippen LogP contribution in [0, 0.1) is 0 Å². The fraction of sp³-hybridized carbons (Fsp3) is 0.0667. The number of rotatable bonds is 2. The summed E-state index contributed by atoms with van der Waals surface area (Å²) in [6, 6.07) is 9.19. The van der Waals surface area contributed by atoms with Crippen LogP contribution in [0.5, 0.6) is 11.5 Å². The molecule has 0 saturated carbocycles. The van der Waals surface area contributed by atoms with Crippen molar-refractivity contribution in [1.29, 1.82) is 0 Å². The Balaban J connectivity index is 1.69. The van der Waals surface area contributed by atoms with E-state index in [0.717, 1.165) is 32.5 Å². The molecular formula is C15H10BrN3O3. The summed E-state index contributed by atoms with van der Waals surface area (Å²) in [6.07, 6.45) is 1.73. The third-order valence-corrected chi connectivity index (χ3v) is 4.03. The summed E-state index contributed by atoms with van der Waals surface area (Å²) in [5.74, 6) is 1.42. The molecule has 0 spiro atoms. The molecule has 7 heteroatoms. The molecule has 1 aliphatic rings. The molecule has 0 aliphatic carbocycles. The Morgan fingerprint density at radius 3 is 2.73 bits per heavy atom. The third-order valence-electron chi connectivity index (χ3n) is 3.34. The van der Waals surface area contributed by atoms with Crippen LogP contribution in [0.25, 0.3) is 11.0 Å². The number of hydrogen-bond donors (Lipinski definition) is 2. The van der Waals surface area contributed by atoms with Crippen molar-refractivity contribution in [2.75, 3.05) is 6.79 Å². The van der Waals surface area contributed by atoms with Crippen molar-refractivity contribution in [2.45, 2.75) is 0 Å². The van der Waals surface area contributed by atoms with E-state index in [2.05, 4.69) is 30.9 Å². The Kier molecular flexibility index (Phi) is 3.00. The summed E-state index contributed by atoms with van der Waals surface area (Å²) >= 11 is 3.49. The second-order valence-corrected chi connectivity index (χ2v) is 5.65. The highest BCUT2D eigenvalue weighted by Crippen LogP contribution is 2.36. The summed E-state index contributed by atoms with van der Waals surface area (Å²) in [4.78, 5) is 21.1. The van der Waals surface area contributed by atoms with Gasteiger partial charge in [0, 0.05) is 16.3 Å². The highest BCUT2D eigenvalue weighted by molar-refractivity contribution is 9.10. The average molecular weight is 360 g/mol. The largest absolute Gasteiger partial charge is 0.454 e. The normalized spacial score (nSPS) is 13.3. The first-order chi connectivity index (χ1) is 10.7. The number of nitrogens with one attached hydrogen (secondary N) is 2. The van der Waals surface area contributed by atoms with E-state index in [9.17, 15) is 4.79 Å². The number of aromatic nitrogens is 2. The van der Waals surface area contributed by atoms with E-state index >= 15 is 0 Å². The Hall–Kier alpha value is -2.54. The smallest absolute Gasteiger partial charge is 0.323 e. The molecule has 0 radical (unpaired) electrons. The number of H-pyrrole nitrogens is 2. The summed E-state index contributed by atoms with van der Waals surface area (Å²) in [5.41, 5.74) is 2.88. The minimum Gasteiger partial charge on any atom is -0.454 e. The van der Waals surface area contributed by atoms with E-state index in [4.69, 9.17) is 9.47 Å². The maximum Gasteiger partial charge on any atom is 0.323 e. The number of ether oxygens (including phenoxy) is 2. The fourth-order valence-corrected chi connectivity index (χ4v) is 2.70. The average Bonchev–Trinajstić information content (AvgIpc) is 3.08. The number of fused-ring (bicyclic) bond motifs is 2. The third kappa shape index (κ3) is 2.29. The maximum absolute atomic E-state index is 11.3. The zero-order valence-electron chi connectivity index (χ0n) is 11.2. The standard InChI is InChI=1S/C15H10BrN3O3/c16-10-5-14-13(21-7-22-14)3-8(10)6-17-9-1-2-11-12(4-9)19-15(20)18-11/h1-6H,7H2,(H2,18,19,20)/b17-6+. The van der Waals surface area contributed by atoms with Crippen molar-refractivity contribution in [3.8, 4) is 11.5 Å². The molecule has 0 atom stereocenters. The van der Waals surface area contributed by atoms with Crippen LogP contribution < -0.4 is 15.2 Å². The lowest BCUT2D eigenvalue weighted by Crippen LogP contribution is -1.99. The number of aliphatic imine (C=N–C) groups is 1. The van der Waals surface area contributed by atoms with Gasteiger partial charge < -0.3 is 19.4 Å². The predicted molar refractivity (Wildman–Crippen MR) is 86.4 cm³/mol. The van der Waals surface area contributed by atoms with Gasteiger partial charge in [-0.1, -0.05) is 0 Å². The lowest BCUT2D eigenvalue weighted by molar-refractivity contribution is 0.174. The minimum atomic E-state index is -0.227. The van der Waals surface area contributed by atoms with Crippen LogP contribution in [0.3, 0.4) is 0 Å². The summed E-state index contributed by atoms with van der Waals surface area (Å²) < 4.78 is 11.5. The highest BCUT2D eigenvalue weighted by atomic mass is 79.9. The molecule has 6 nitrogen and oxygen atoms in total. The molecule has 2 aromatic carbocycles. The fourth-order valence-electron chi connectivity index (χ4n) is 2.28. The van der Waals surface area contributed by atoms with Crippen LogP contribution in [-0.4, -0.2) is 23.0 Å². The number of hydrogen-bond acceptors (Lipinski definition) is 4. The van der Waals surface area contributed by atoms with Gasteiger partial charge in [0.15, 0.2) is 11.5 Å². The van der Waals surface area contributed by atoms with Gasteiger partial charge in [-0.15, -0.1) is 0 Å². The van der Waals surface area contributed by atoms with E-state index in [-0.39, 0.29) is 12.5 Å². The van der Waals surface area contributed by atoms with Crippen LogP contribution in [0.4, 0.5) is 5.69 Å². The van der Waals surface area contributed by atoms with Gasteiger partial charge in [0.05, 0.1) is 16.7 Å². The predicted octanol–water partition coefficient (Wildman–Crippen LogP) is 3.10. The van der Waals surface area contributed by atoms with Crippen LogP contribution in [-0.2, 0) is 0 Å². The van der Waals surface area contributed by atoms with Crippen molar-refractivity contribution >= 4 is 38.9 Å². The first-order valence-electron chi connectivity index (χ1n) is 6.54. The second kappa shape index (κ2) is 5.03. The van der Waals surface area contributed by atoms with Crippen LogP contribution in [0.2, 0.25) is 0 Å². The molecule has 3 aromatic rings. The van der Waals surface area contributed by atoms with Gasteiger partial charge in [-0.25, -0.2) is 4.79 Å². The molecule has 2 N–H and O–H groups in total. The van der Waals surface area contributed by atoms with Crippen molar-refractivity contribution in [3.05, 3.63) is 50.9 Å². The van der Waals surface area contributed by atoms with Crippen LogP contribution >= 0.6 is 15.9 Å². The molecule has 0 fully saturated rings. The van der Waals surface area contributed by atoms with Gasteiger partial charge >= 0.3 is 5.69 Å². The van der Waals surface area contributed by atoms with Gasteiger partial charge in [0.25, 0.3) is 0 Å². The van der Waals surface area contributed by atoms with E-state index in [1.807, 2.05) is 30.3 Å². The molecular weight excluding hydrogens is 350 g/mol. The lowest BCUT2D eigenvalue weighted by atomic mass is 10.2. The molecule has 4 rings (SSSR count). The molecule has 0 saturated heterocycles. The van der Waals surface area contributed by atoms with Gasteiger partial charge in [-0.3, -0.25) is 4.99 Å². The number of nitrogens with zero attached hydrogens (tertiary/aromatic N) is 1. The first kappa shape index (κ1) is 13.1.